The number of carbonyl (C=O) groups is 2. The molecule has 1 atom stereocenters. The van der Waals surface area contributed by atoms with E-state index in [0.717, 1.165) is 89.9 Å². The molecule has 1 unspecified atom stereocenters. The number of unbranched alkanes of at least 4 members (excludes halogenated alkanes) is 15. The van der Waals surface area contributed by atoms with Crippen molar-refractivity contribution in [1.82, 2.24) is 0 Å². The Morgan fingerprint density at radius 1 is 0.400 bits per heavy atom. The van der Waals surface area contributed by atoms with Crippen molar-refractivity contribution >= 4 is 11.9 Å². The topological polar surface area (TPSA) is 61.8 Å². The highest BCUT2D eigenvalue weighted by Gasteiger charge is 2.17. The fraction of sp³-hybridized carbons (Fsp3) is 0.636. The molecule has 0 aliphatic rings. The lowest BCUT2D eigenvalue weighted by molar-refractivity contribution is -0.162. The Bertz CT molecular complexity index is 1210. The van der Waals surface area contributed by atoms with Crippen molar-refractivity contribution in [2.24, 2.45) is 0 Å². The van der Waals surface area contributed by atoms with Crippen LogP contribution in [0, 0.1) is 0 Å². The van der Waals surface area contributed by atoms with E-state index in [0.29, 0.717) is 13.0 Å². The van der Waals surface area contributed by atoms with Crippen molar-refractivity contribution in [3.05, 3.63) is 109 Å². The molecular weight excluding hydrogens is 741 g/mol. The molecule has 0 aromatic heterocycles. The van der Waals surface area contributed by atoms with E-state index in [1.807, 2.05) is 12.2 Å². The van der Waals surface area contributed by atoms with E-state index in [4.69, 9.17) is 14.2 Å². The van der Waals surface area contributed by atoms with E-state index in [2.05, 4.69) is 118 Å². The zero-order chi connectivity index (χ0) is 43.5. The Morgan fingerprint density at radius 2 is 0.800 bits per heavy atom. The molecule has 0 amide bonds. The van der Waals surface area contributed by atoms with Gasteiger partial charge >= 0.3 is 11.9 Å². The van der Waals surface area contributed by atoms with Gasteiger partial charge in [0.25, 0.3) is 0 Å². The van der Waals surface area contributed by atoms with Crippen LogP contribution in [0.4, 0.5) is 0 Å². The lowest BCUT2D eigenvalue weighted by Gasteiger charge is -2.18. The first-order valence-electron chi connectivity index (χ1n) is 24.4. The molecule has 5 heteroatoms. The van der Waals surface area contributed by atoms with Crippen molar-refractivity contribution in [3.8, 4) is 0 Å². The molecule has 60 heavy (non-hydrogen) atoms. The maximum absolute atomic E-state index is 12.7. The van der Waals surface area contributed by atoms with E-state index < -0.39 is 6.10 Å². The molecule has 0 saturated carbocycles. The molecule has 0 bridgehead atoms. The highest BCUT2D eigenvalue weighted by atomic mass is 16.6. The number of esters is 2. The minimum atomic E-state index is -0.589. The number of ether oxygens (including phenoxy) is 3. The average molecular weight is 831 g/mol. The summed E-state index contributed by atoms with van der Waals surface area (Å²) >= 11 is 0. The summed E-state index contributed by atoms with van der Waals surface area (Å²) in [5.74, 6) is -0.566. The smallest absolute Gasteiger partial charge is 0.309 e. The first-order chi connectivity index (χ1) is 29.6. The van der Waals surface area contributed by atoms with Gasteiger partial charge in [0, 0.05) is 13.0 Å². The quantitative estimate of drug-likeness (QED) is 0.0348. The van der Waals surface area contributed by atoms with Gasteiger partial charge in [-0.2, -0.15) is 0 Å². The second-order valence-electron chi connectivity index (χ2n) is 15.6. The molecule has 0 N–H and O–H groups in total. The number of hydrogen-bond donors (Lipinski definition) is 0. The Balaban J connectivity index is 4.39. The van der Waals surface area contributed by atoms with Crippen LogP contribution in [-0.4, -0.2) is 37.9 Å². The highest BCUT2D eigenvalue weighted by molar-refractivity contribution is 5.71. The van der Waals surface area contributed by atoms with Crippen LogP contribution in [0.2, 0.25) is 0 Å². The summed E-state index contributed by atoms with van der Waals surface area (Å²) in [6.45, 7) is 7.42. The minimum absolute atomic E-state index is 0.0187. The van der Waals surface area contributed by atoms with Crippen molar-refractivity contribution in [3.63, 3.8) is 0 Å². The first kappa shape index (κ1) is 56.6. The van der Waals surface area contributed by atoms with Crippen LogP contribution in [0.5, 0.6) is 0 Å². The van der Waals surface area contributed by atoms with Gasteiger partial charge in [-0.25, -0.2) is 0 Å². The molecule has 0 aliphatic heterocycles. The fourth-order valence-electron chi connectivity index (χ4n) is 6.22. The number of carbonyl (C=O) groups excluding carboxylic acids is 2. The molecule has 0 aliphatic carbocycles. The summed E-state index contributed by atoms with van der Waals surface area (Å²) in [5, 5.41) is 0. The van der Waals surface area contributed by atoms with E-state index in [-0.39, 0.29) is 31.6 Å². The molecule has 0 saturated heterocycles. The van der Waals surface area contributed by atoms with Crippen molar-refractivity contribution in [2.75, 3.05) is 19.8 Å². The Hall–Kier alpha value is -3.44. The monoisotopic (exact) mass is 831 g/mol. The van der Waals surface area contributed by atoms with E-state index >= 15 is 0 Å². The maximum atomic E-state index is 12.7. The van der Waals surface area contributed by atoms with E-state index in [1.165, 1.54) is 77.0 Å². The van der Waals surface area contributed by atoms with Crippen LogP contribution in [0.15, 0.2) is 109 Å². The van der Waals surface area contributed by atoms with Crippen molar-refractivity contribution in [1.29, 1.82) is 0 Å². The molecule has 0 spiro atoms. The lowest BCUT2D eigenvalue weighted by atomic mass is 10.1. The summed E-state index contributed by atoms with van der Waals surface area (Å²) in [6.07, 6.45) is 68.3. The zero-order valence-electron chi connectivity index (χ0n) is 38.9. The van der Waals surface area contributed by atoms with Gasteiger partial charge in [0.15, 0.2) is 6.10 Å². The SMILES string of the molecule is CC/C=C\C/C=C\C/C=C\C/C=C\C/C=C\CC(=O)OCC(COCCCCCCCCCC/C=C\C/C=C\C/C=C\CC)OC(=O)CCCCCCC/C=C\CCCC. The van der Waals surface area contributed by atoms with Crippen molar-refractivity contribution < 1.29 is 23.8 Å². The van der Waals surface area contributed by atoms with E-state index in [1.54, 1.807) is 0 Å². The minimum Gasteiger partial charge on any atom is -0.461 e. The van der Waals surface area contributed by atoms with Crippen LogP contribution in [-0.2, 0) is 23.8 Å². The molecule has 340 valence electrons. The third kappa shape index (κ3) is 47.2. The average Bonchev–Trinajstić information content (AvgIpc) is 3.25. The third-order valence-corrected chi connectivity index (χ3v) is 9.81. The van der Waals surface area contributed by atoms with Gasteiger partial charge < -0.3 is 14.2 Å². The van der Waals surface area contributed by atoms with Gasteiger partial charge in [0.05, 0.1) is 13.0 Å². The summed E-state index contributed by atoms with van der Waals surface area (Å²) in [5.41, 5.74) is 0. The first-order valence-corrected chi connectivity index (χ1v) is 24.4. The van der Waals surface area contributed by atoms with Gasteiger partial charge in [-0.15, -0.1) is 0 Å². The van der Waals surface area contributed by atoms with Gasteiger partial charge in [-0.3, -0.25) is 9.59 Å². The molecule has 0 rings (SSSR count). The second kappa shape index (κ2) is 49.9. The summed E-state index contributed by atoms with van der Waals surface area (Å²) in [7, 11) is 0. The van der Waals surface area contributed by atoms with Crippen molar-refractivity contribution in [2.45, 2.75) is 207 Å². The Kier molecular flexibility index (Phi) is 47.1. The van der Waals surface area contributed by atoms with Gasteiger partial charge in [-0.1, -0.05) is 201 Å². The zero-order valence-corrected chi connectivity index (χ0v) is 38.9. The molecular formula is C55H90O5. The standard InChI is InChI=1S/C55H90O5/c1-4-7-10-13-16-19-22-24-26-27-28-30-32-35-38-41-44-47-50-58-51-53(60-55(57)49-46-43-40-37-33-21-18-15-12-9-6-3)52-59-54(56)48-45-42-39-36-34-31-29-25-23-20-17-14-11-8-5-2/h7-8,10-11,15-20,24-26,29,34,36,42,45,53H,4-6,9,12-14,21-23,27-28,30-33,35,37-41,43-44,46-52H2,1-3H3/b10-7-,11-8-,18-15-,19-16-,20-17-,26-24-,29-25-,36-34-,45-42-. The second-order valence-corrected chi connectivity index (χ2v) is 15.6. The van der Waals surface area contributed by atoms with Crippen LogP contribution in [0.3, 0.4) is 0 Å². The van der Waals surface area contributed by atoms with E-state index in [9.17, 15) is 9.59 Å². The van der Waals surface area contributed by atoms with Gasteiger partial charge in [0.1, 0.15) is 6.61 Å². The lowest BCUT2D eigenvalue weighted by Crippen LogP contribution is -2.30. The Labute approximate surface area is 370 Å². The molecule has 5 nitrogen and oxygen atoms in total. The molecule has 0 heterocycles. The Morgan fingerprint density at radius 3 is 1.30 bits per heavy atom. The highest BCUT2D eigenvalue weighted by Crippen LogP contribution is 2.12. The number of allylic oxidation sites excluding steroid dienone is 17. The van der Waals surface area contributed by atoms with Crippen LogP contribution < -0.4 is 0 Å². The van der Waals surface area contributed by atoms with Gasteiger partial charge in [0.2, 0.25) is 0 Å². The largest absolute Gasteiger partial charge is 0.461 e. The normalized spacial score (nSPS) is 13.2. The predicted molar refractivity (Wildman–Crippen MR) is 260 cm³/mol. The third-order valence-electron chi connectivity index (χ3n) is 9.81. The molecule has 0 aromatic rings. The van der Waals surface area contributed by atoms with Crippen LogP contribution >= 0.6 is 0 Å². The maximum Gasteiger partial charge on any atom is 0.309 e. The number of rotatable bonds is 43. The van der Waals surface area contributed by atoms with Crippen LogP contribution in [0.25, 0.3) is 0 Å². The molecule has 0 fully saturated rings. The summed E-state index contributed by atoms with van der Waals surface area (Å²) < 4.78 is 17.2. The fourth-order valence-corrected chi connectivity index (χ4v) is 6.22. The van der Waals surface area contributed by atoms with Gasteiger partial charge in [-0.05, 0) is 96.3 Å². The molecule has 0 radical (unpaired) electrons. The summed E-state index contributed by atoms with van der Waals surface area (Å²) in [4.78, 5) is 25.2. The summed E-state index contributed by atoms with van der Waals surface area (Å²) in [6, 6.07) is 0. The van der Waals surface area contributed by atoms with Crippen LogP contribution in [0.1, 0.15) is 201 Å². The predicted octanol–water partition coefficient (Wildman–Crippen LogP) is 16.4. The molecule has 0 aromatic carbocycles. The number of hydrogen-bond acceptors (Lipinski definition) is 5.